The summed E-state index contributed by atoms with van der Waals surface area (Å²) in [5.41, 5.74) is 2.10. The van der Waals surface area contributed by atoms with Crippen molar-refractivity contribution in [2.24, 2.45) is 5.41 Å². The minimum absolute atomic E-state index is 0.138. The predicted octanol–water partition coefficient (Wildman–Crippen LogP) is 3.28. The minimum atomic E-state index is 0.138. The van der Waals surface area contributed by atoms with E-state index in [4.69, 9.17) is 0 Å². The molecule has 1 fully saturated rings. The quantitative estimate of drug-likeness (QED) is 0.866. The van der Waals surface area contributed by atoms with E-state index in [9.17, 15) is 4.79 Å². The molecular formula is C20H27N3O. The molecule has 24 heavy (non-hydrogen) atoms. The van der Waals surface area contributed by atoms with Crippen LogP contribution in [0, 0.1) is 5.41 Å². The molecule has 0 aliphatic carbocycles. The smallest absolute Gasteiger partial charge is 0.254 e. The molecule has 3 rings (SSSR count). The van der Waals surface area contributed by atoms with Gasteiger partial charge < -0.3 is 9.47 Å². The van der Waals surface area contributed by atoms with Gasteiger partial charge in [0.25, 0.3) is 5.91 Å². The molecule has 0 atom stereocenters. The normalized spacial score (nSPS) is 16.4. The van der Waals surface area contributed by atoms with Crippen LogP contribution < -0.4 is 0 Å². The second kappa shape index (κ2) is 6.81. The number of piperazine rings is 1. The molecule has 1 saturated heterocycles. The van der Waals surface area contributed by atoms with Crippen LogP contribution in [0.4, 0.5) is 0 Å². The molecule has 2 heterocycles. The van der Waals surface area contributed by atoms with E-state index in [1.165, 1.54) is 0 Å². The van der Waals surface area contributed by atoms with E-state index < -0.39 is 0 Å². The van der Waals surface area contributed by atoms with Crippen molar-refractivity contribution >= 4 is 5.91 Å². The maximum atomic E-state index is 12.8. The van der Waals surface area contributed by atoms with Crippen LogP contribution in [-0.4, -0.2) is 53.0 Å². The second-order valence-corrected chi connectivity index (χ2v) is 7.77. The van der Waals surface area contributed by atoms with Crippen LogP contribution in [0.5, 0.6) is 0 Å². The SMILES string of the molecule is CC(C)(C)CN1CCN(C(=O)c2cccc(-n3cccc3)c2)CC1. The van der Waals surface area contributed by atoms with Crippen LogP contribution in [0.2, 0.25) is 0 Å². The average molecular weight is 325 g/mol. The van der Waals surface area contributed by atoms with Gasteiger partial charge in [-0.05, 0) is 35.7 Å². The van der Waals surface area contributed by atoms with Gasteiger partial charge >= 0.3 is 0 Å². The van der Waals surface area contributed by atoms with Crippen LogP contribution in [0.25, 0.3) is 5.69 Å². The van der Waals surface area contributed by atoms with Crippen molar-refractivity contribution in [2.45, 2.75) is 20.8 Å². The van der Waals surface area contributed by atoms with E-state index in [0.717, 1.165) is 44.0 Å². The zero-order chi connectivity index (χ0) is 17.2. The van der Waals surface area contributed by atoms with Crippen molar-refractivity contribution in [3.8, 4) is 5.69 Å². The number of aromatic nitrogens is 1. The molecular weight excluding hydrogens is 298 g/mol. The van der Waals surface area contributed by atoms with Gasteiger partial charge in [-0.3, -0.25) is 9.69 Å². The fourth-order valence-electron chi connectivity index (χ4n) is 3.27. The third-order valence-electron chi connectivity index (χ3n) is 4.35. The fraction of sp³-hybridized carbons (Fsp3) is 0.450. The van der Waals surface area contributed by atoms with E-state index >= 15 is 0 Å². The number of hydrogen-bond donors (Lipinski definition) is 0. The predicted molar refractivity (Wildman–Crippen MR) is 97.6 cm³/mol. The van der Waals surface area contributed by atoms with Gasteiger partial charge in [0, 0.05) is 56.4 Å². The molecule has 4 heteroatoms. The Kier molecular flexibility index (Phi) is 4.76. The third kappa shape index (κ3) is 4.06. The molecule has 128 valence electrons. The van der Waals surface area contributed by atoms with E-state index in [-0.39, 0.29) is 5.91 Å². The van der Waals surface area contributed by atoms with E-state index in [1.807, 2.05) is 58.3 Å². The summed E-state index contributed by atoms with van der Waals surface area (Å²) in [7, 11) is 0. The Morgan fingerprint density at radius 1 is 1.00 bits per heavy atom. The third-order valence-corrected chi connectivity index (χ3v) is 4.35. The Morgan fingerprint density at radius 2 is 1.67 bits per heavy atom. The number of carbonyl (C=O) groups is 1. The summed E-state index contributed by atoms with van der Waals surface area (Å²) < 4.78 is 2.03. The molecule has 0 spiro atoms. The van der Waals surface area contributed by atoms with E-state index in [2.05, 4.69) is 25.7 Å². The highest BCUT2D eigenvalue weighted by Crippen LogP contribution is 2.18. The van der Waals surface area contributed by atoms with Gasteiger partial charge in [0.1, 0.15) is 0 Å². The average Bonchev–Trinajstić information content (AvgIpc) is 3.08. The lowest BCUT2D eigenvalue weighted by Crippen LogP contribution is -2.50. The summed E-state index contributed by atoms with van der Waals surface area (Å²) in [5.74, 6) is 0.138. The first-order valence-electron chi connectivity index (χ1n) is 8.67. The molecule has 4 nitrogen and oxygen atoms in total. The van der Waals surface area contributed by atoms with E-state index in [0.29, 0.717) is 5.41 Å². The van der Waals surface area contributed by atoms with Gasteiger partial charge in [0.2, 0.25) is 0 Å². The number of amides is 1. The lowest BCUT2D eigenvalue weighted by atomic mass is 9.96. The monoisotopic (exact) mass is 325 g/mol. The Balaban J connectivity index is 1.65. The lowest BCUT2D eigenvalue weighted by Gasteiger charge is -2.37. The molecule has 1 amide bonds. The first-order valence-corrected chi connectivity index (χ1v) is 8.67. The molecule has 0 saturated carbocycles. The van der Waals surface area contributed by atoms with Crippen molar-refractivity contribution in [1.82, 2.24) is 14.4 Å². The summed E-state index contributed by atoms with van der Waals surface area (Å²) in [4.78, 5) is 17.3. The summed E-state index contributed by atoms with van der Waals surface area (Å²) >= 11 is 0. The van der Waals surface area contributed by atoms with Gasteiger partial charge in [-0.1, -0.05) is 26.8 Å². The van der Waals surface area contributed by atoms with Gasteiger partial charge in [-0.2, -0.15) is 0 Å². The van der Waals surface area contributed by atoms with Crippen LogP contribution >= 0.6 is 0 Å². The second-order valence-electron chi connectivity index (χ2n) is 7.77. The molecule has 0 N–H and O–H groups in total. The Labute approximate surface area is 144 Å². The molecule has 1 aromatic carbocycles. The zero-order valence-corrected chi connectivity index (χ0v) is 14.9. The summed E-state index contributed by atoms with van der Waals surface area (Å²) in [6.45, 7) is 11.4. The molecule has 1 aromatic heterocycles. The Hall–Kier alpha value is -2.07. The van der Waals surface area contributed by atoms with Gasteiger partial charge in [-0.15, -0.1) is 0 Å². The van der Waals surface area contributed by atoms with Gasteiger partial charge in [0.05, 0.1) is 0 Å². The maximum absolute atomic E-state index is 12.8. The van der Waals surface area contributed by atoms with Crippen molar-refractivity contribution in [3.63, 3.8) is 0 Å². The number of hydrogen-bond acceptors (Lipinski definition) is 2. The number of rotatable bonds is 3. The van der Waals surface area contributed by atoms with Crippen molar-refractivity contribution in [2.75, 3.05) is 32.7 Å². The topological polar surface area (TPSA) is 28.5 Å². The van der Waals surface area contributed by atoms with Crippen LogP contribution in [0.1, 0.15) is 31.1 Å². The number of nitrogens with zero attached hydrogens (tertiary/aromatic N) is 3. The van der Waals surface area contributed by atoms with Gasteiger partial charge in [0.15, 0.2) is 0 Å². The van der Waals surface area contributed by atoms with Crippen molar-refractivity contribution in [3.05, 3.63) is 54.4 Å². The number of benzene rings is 1. The molecule has 0 bridgehead atoms. The Bertz CT molecular complexity index is 677. The maximum Gasteiger partial charge on any atom is 0.254 e. The highest BCUT2D eigenvalue weighted by molar-refractivity contribution is 5.94. The van der Waals surface area contributed by atoms with Crippen molar-refractivity contribution < 1.29 is 4.79 Å². The first-order chi connectivity index (χ1) is 11.4. The highest BCUT2D eigenvalue weighted by Gasteiger charge is 2.24. The number of carbonyl (C=O) groups excluding carboxylic acids is 1. The first kappa shape index (κ1) is 16.8. The molecule has 2 aromatic rings. The van der Waals surface area contributed by atoms with E-state index in [1.54, 1.807) is 0 Å². The lowest BCUT2D eigenvalue weighted by molar-refractivity contribution is 0.0592. The summed E-state index contributed by atoms with van der Waals surface area (Å²) in [6.07, 6.45) is 3.99. The Morgan fingerprint density at radius 3 is 2.29 bits per heavy atom. The molecule has 0 unspecified atom stereocenters. The van der Waals surface area contributed by atoms with Gasteiger partial charge in [-0.25, -0.2) is 0 Å². The molecule has 0 radical (unpaired) electrons. The highest BCUT2D eigenvalue weighted by atomic mass is 16.2. The minimum Gasteiger partial charge on any atom is -0.336 e. The largest absolute Gasteiger partial charge is 0.336 e. The fourth-order valence-corrected chi connectivity index (χ4v) is 3.27. The zero-order valence-electron chi connectivity index (χ0n) is 14.9. The summed E-state index contributed by atoms with van der Waals surface area (Å²) in [5, 5.41) is 0. The van der Waals surface area contributed by atoms with Crippen LogP contribution in [0.15, 0.2) is 48.8 Å². The van der Waals surface area contributed by atoms with Crippen LogP contribution in [0.3, 0.4) is 0 Å². The van der Waals surface area contributed by atoms with Crippen LogP contribution in [-0.2, 0) is 0 Å². The summed E-state index contributed by atoms with van der Waals surface area (Å²) in [6, 6.07) is 11.9. The van der Waals surface area contributed by atoms with Crippen molar-refractivity contribution in [1.29, 1.82) is 0 Å². The standard InChI is InChI=1S/C20H27N3O/c1-20(2,3)16-21-11-13-23(14-12-21)19(24)17-7-6-8-18(15-17)22-9-4-5-10-22/h4-10,15H,11-14,16H2,1-3H3. The molecule has 1 aliphatic heterocycles. The molecule has 1 aliphatic rings.